The first-order chi connectivity index (χ1) is 21.6. The summed E-state index contributed by atoms with van der Waals surface area (Å²) in [6, 6.07) is 12.8. The Morgan fingerprint density at radius 3 is 2.42 bits per heavy atom. The van der Waals surface area contributed by atoms with Crippen molar-refractivity contribution >= 4 is 63.5 Å². The third-order valence-corrected chi connectivity index (χ3v) is 9.29. The van der Waals surface area contributed by atoms with Gasteiger partial charge in [-0.05, 0) is 50.6 Å². The van der Waals surface area contributed by atoms with Crippen molar-refractivity contribution in [3.05, 3.63) is 91.1 Å². The Morgan fingerprint density at radius 2 is 1.73 bits per heavy atom. The van der Waals surface area contributed by atoms with Crippen LogP contribution in [0, 0.1) is 13.8 Å². The van der Waals surface area contributed by atoms with E-state index in [0.29, 0.717) is 49.0 Å². The lowest BCUT2D eigenvalue weighted by Gasteiger charge is -2.35. The Hall–Kier alpha value is -4.69. The molecule has 4 aromatic rings. The lowest BCUT2D eigenvalue weighted by molar-refractivity contribution is -0.113. The highest BCUT2D eigenvalue weighted by Crippen LogP contribution is 2.37. The zero-order valence-corrected chi connectivity index (χ0v) is 26.9. The molecular formula is C31H31N7O5S2. The Kier molecular flexibility index (Phi) is 8.10. The van der Waals surface area contributed by atoms with Crippen LogP contribution in [0.1, 0.15) is 23.7 Å². The first kappa shape index (κ1) is 30.3. The second-order valence-electron chi connectivity index (χ2n) is 10.6. The number of amides is 2. The fourth-order valence-corrected chi connectivity index (χ4v) is 6.84. The van der Waals surface area contributed by atoms with Crippen LogP contribution in [-0.2, 0) is 16.6 Å². The van der Waals surface area contributed by atoms with Gasteiger partial charge in [-0.15, -0.1) is 0 Å². The molecule has 0 radical (unpaired) electrons. The van der Waals surface area contributed by atoms with E-state index < -0.39 is 5.91 Å². The van der Waals surface area contributed by atoms with Crippen LogP contribution in [0.25, 0.3) is 17.4 Å². The zero-order chi connectivity index (χ0) is 32.0. The summed E-state index contributed by atoms with van der Waals surface area (Å²) in [5, 5.41) is 0. The number of rotatable bonds is 5. The number of benzene rings is 1. The van der Waals surface area contributed by atoms with Crippen molar-refractivity contribution < 1.29 is 14.3 Å². The molecule has 45 heavy (non-hydrogen) atoms. The standard InChI is InChI=1S/C31H31N7O5S2/c1-5-43-30(42)35-16-14-34(15-17-35)26-22(27(39)36-13-9-10-19(2)25(36)32-26)18-23-28(40)37(31(44)45-23)24-20(3)33(4)38(29(24)41)21-11-7-6-8-12-21/h6-13,18H,5,14-17H2,1-4H3/b23-18+. The Morgan fingerprint density at radius 1 is 1.02 bits per heavy atom. The fourth-order valence-electron chi connectivity index (χ4n) is 5.59. The molecule has 0 aliphatic carbocycles. The number of fused-ring (bicyclic) bond motifs is 1. The molecule has 2 fully saturated rings. The number of carbonyl (C=O) groups is 2. The van der Waals surface area contributed by atoms with Crippen LogP contribution in [0.4, 0.5) is 16.3 Å². The second kappa shape index (κ2) is 12.0. The molecular weight excluding hydrogens is 615 g/mol. The van der Waals surface area contributed by atoms with E-state index in [-0.39, 0.29) is 44.3 Å². The average Bonchev–Trinajstić information content (AvgIpc) is 3.43. The molecule has 1 aromatic carbocycles. The van der Waals surface area contributed by atoms with E-state index in [1.54, 1.807) is 42.7 Å². The van der Waals surface area contributed by atoms with E-state index in [1.165, 1.54) is 20.1 Å². The van der Waals surface area contributed by atoms with Crippen molar-refractivity contribution in [2.75, 3.05) is 42.6 Å². The summed E-state index contributed by atoms with van der Waals surface area (Å²) in [7, 11) is 1.75. The van der Waals surface area contributed by atoms with Crippen LogP contribution < -0.4 is 20.9 Å². The number of thiocarbonyl (C=S) groups is 1. The van der Waals surface area contributed by atoms with Gasteiger partial charge in [0.2, 0.25) is 0 Å². The van der Waals surface area contributed by atoms with E-state index in [0.717, 1.165) is 17.3 Å². The summed E-state index contributed by atoms with van der Waals surface area (Å²) in [5.74, 6) is -0.0896. The minimum atomic E-state index is -0.497. The summed E-state index contributed by atoms with van der Waals surface area (Å²) in [5.41, 5.74) is 2.16. The van der Waals surface area contributed by atoms with E-state index in [9.17, 15) is 19.2 Å². The summed E-state index contributed by atoms with van der Waals surface area (Å²) in [6.07, 6.45) is 2.78. The number of carbonyl (C=O) groups excluding carboxylic acids is 2. The summed E-state index contributed by atoms with van der Waals surface area (Å²) in [6.45, 7) is 7.27. The molecule has 3 aromatic heterocycles. The van der Waals surface area contributed by atoms with Crippen molar-refractivity contribution in [2.45, 2.75) is 20.8 Å². The molecule has 2 amide bonds. The van der Waals surface area contributed by atoms with Crippen LogP contribution >= 0.6 is 24.0 Å². The average molecular weight is 646 g/mol. The maximum absolute atomic E-state index is 14.0. The van der Waals surface area contributed by atoms with Gasteiger partial charge in [-0.1, -0.05) is 48.2 Å². The summed E-state index contributed by atoms with van der Waals surface area (Å²) in [4.78, 5) is 63.9. The number of piperazine rings is 1. The Bertz CT molecular complexity index is 2010. The van der Waals surface area contributed by atoms with E-state index in [2.05, 4.69) is 0 Å². The van der Waals surface area contributed by atoms with Gasteiger partial charge >= 0.3 is 6.09 Å². The lowest BCUT2D eigenvalue weighted by Crippen LogP contribution is -2.49. The molecule has 0 bridgehead atoms. The van der Waals surface area contributed by atoms with Gasteiger partial charge in [-0.2, -0.15) is 0 Å². The largest absolute Gasteiger partial charge is 0.450 e. The molecule has 12 nitrogen and oxygen atoms in total. The van der Waals surface area contributed by atoms with Crippen LogP contribution in [0.2, 0.25) is 0 Å². The number of hydrogen-bond donors (Lipinski definition) is 0. The maximum Gasteiger partial charge on any atom is 0.409 e. The number of para-hydroxylation sites is 1. The molecule has 2 aliphatic heterocycles. The van der Waals surface area contributed by atoms with Crippen molar-refractivity contribution in [1.29, 1.82) is 0 Å². The van der Waals surface area contributed by atoms with Crippen molar-refractivity contribution in [2.24, 2.45) is 7.05 Å². The Labute approximate surface area is 268 Å². The number of ether oxygens (including phenoxy) is 1. The minimum absolute atomic E-state index is 0.159. The predicted octanol–water partition coefficient (Wildman–Crippen LogP) is 3.49. The highest BCUT2D eigenvalue weighted by molar-refractivity contribution is 8.27. The van der Waals surface area contributed by atoms with Crippen LogP contribution in [-0.4, -0.2) is 72.8 Å². The van der Waals surface area contributed by atoms with Crippen LogP contribution in [0.3, 0.4) is 0 Å². The van der Waals surface area contributed by atoms with E-state index in [4.69, 9.17) is 21.9 Å². The fraction of sp³-hybridized carbons (Fsp3) is 0.290. The zero-order valence-electron chi connectivity index (χ0n) is 25.2. The molecule has 0 spiro atoms. The molecule has 0 atom stereocenters. The third kappa shape index (κ3) is 5.23. The number of aromatic nitrogens is 4. The molecule has 0 saturated carbocycles. The maximum atomic E-state index is 14.0. The van der Waals surface area contributed by atoms with E-state index >= 15 is 0 Å². The number of aryl methyl sites for hydroxylation is 1. The molecule has 2 saturated heterocycles. The molecule has 0 N–H and O–H groups in total. The number of pyridine rings is 1. The number of anilines is 2. The topological polar surface area (TPSA) is 114 Å². The SMILES string of the molecule is CCOC(=O)N1CCN(c2nc3c(C)cccn3c(=O)c2/C=C2/SC(=S)N(c3c(C)n(C)n(-c4ccccc4)c3=O)C2=O)CC1. The normalized spacial score (nSPS) is 16.4. The Balaban J connectivity index is 1.42. The van der Waals surface area contributed by atoms with Crippen molar-refractivity contribution in [3.63, 3.8) is 0 Å². The third-order valence-electron chi connectivity index (χ3n) is 7.99. The van der Waals surface area contributed by atoms with Crippen molar-refractivity contribution in [3.8, 4) is 5.69 Å². The molecule has 6 rings (SSSR count). The molecule has 0 unspecified atom stereocenters. The highest BCUT2D eigenvalue weighted by atomic mass is 32.2. The van der Waals surface area contributed by atoms with Gasteiger partial charge in [0.05, 0.1) is 28.5 Å². The smallest absolute Gasteiger partial charge is 0.409 e. The monoisotopic (exact) mass is 645 g/mol. The predicted molar refractivity (Wildman–Crippen MR) is 178 cm³/mol. The van der Waals surface area contributed by atoms with Gasteiger partial charge in [-0.25, -0.2) is 14.5 Å². The van der Waals surface area contributed by atoms with Crippen molar-refractivity contribution in [1.82, 2.24) is 23.6 Å². The quantitative estimate of drug-likeness (QED) is 0.238. The molecule has 14 heteroatoms. The lowest BCUT2D eigenvalue weighted by atomic mass is 10.2. The number of hydrogen-bond acceptors (Lipinski definition) is 9. The van der Waals surface area contributed by atoms with Gasteiger partial charge in [0.15, 0.2) is 4.32 Å². The number of thioether (sulfide) groups is 1. The van der Waals surface area contributed by atoms with Gasteiger partial charge in [0.1, 0.15) is 17.2 Å². The summed E-state index contributed by atoms with van der Waals surface area (Å²) < 4.78 is 9.97. The molecule has 2 aliphatic rings. The first-order valence-electron chi connectivity index (χ1n) is 14.4. The second-order valence-corrected chi connectivity index (χ2v) is 12.3. The van der Waals surface area contributed by atoms with Crippen LogP contribution in [0.15, 0.2) is 63.2 Å². The highest BCUT2D eigenvalue weighted by Gasteiger charge is 2.38. The summed E-state index contributed by atoms with van der Waals surface area (Å²) >= 11 is 6.67. The minimum Gasteiger partial charge on any atom is -0.450 e. The van der Waals surface area contributed by atoms with E-state index in [1.807, 2.05) is 48.2 Å². The first-order valence-corrected chi connectivity index (χ1v) is 15.7. The molecule has 232 valence electrons. The number of nitrogens with zero attached hydrogens (tertiary/aromatic N) is 7. The van der Waals surface area contributed by atoms with Gasteiger partial charge in [0.25, 0.3) is 17.0 Å². The molecule has 5 heterocycles. The van der Waals surface area contributed by atoms with Crippen LogP contribution in [0.5, 0.6) is 0 Å². The van der Waals surface area contributed by atoms with Gasteiger partial charge < -0.3 is 14.5 Å². The van der Waals surface area contributed by atoms with Gasteiger partial charge in [-0.3, -0.25) is 28.4 Å². The van der Waals surface area contributed by atoms with Gasteiger partial charge in [0, 0.05) is 39.4 Å².